The molecule has 0 saturated heterocycles. The average molecular weight is 285 g/mol. The van der Waals surface area contributed by atoms with Gasteiger partial charge in [-0.3, -0.25) is 0 Å². The van der Waals surface area contributed by atoms with Crippen molar-refractivity contribution in [1.29, 1.82) is 0 Å². The van der Waals surface area contributed by atoms with Gasteiger partial charge in [0, 0.05) is 12.7 Å². The summed E-state index contributed by atoms with van der Waals surface area (Å²) in [6.07, 6.45) is 2.17. The van der Waals surface area contributed by atoms with Gasteiger partial charge in [-0.05, 0) is 50.3 Å². The number of aliphatic hydroxyl groups is 1. The molecule has 0 amide bonds. The molecule has 1 aromatic carbocycles. The van der Waals surface area contributed by atoms with Crippen LogP contribution in [0.15, 0.2) is 48.7 Å². The maximum Gasteiger partial charge on any atom is 0.126 e. The zero-order valence-corrected chi connectivity index (χ0v) is 12.7. The van der Waals surface area contributed by atoms with E-state index < -0.39 is 6.10 Å². The number of aliphatic hydroxyl groups excluding tert-OH is 1. The molecule has 21 heavy (non-hydrogen) atoms. The fraction of sp³-hybridized carbons (Fsp3) is 0.353. The van der Waals surface area contributed by atoms with E-state index in [-0.39, 0.29) is 0 Å². The largest absolute Gasteiger partial charge is 0.384 e. The van der Waals surface area contributed by atoms with Crippen LogP contribution in [0.5, 0.6) is 0 Å². The highest BCUT2D eigenvalue weighted by Crippen LogP contribution is 2.22. The van der Waals surface area contributed by atoms with Gasteiger partial charge >= 0.3 is 0 Å². The van der Waals surface area contributed by atoms with Crippen LogP contribution in [0.4, 0.5) is 5.82 Å². The standard InChI is InChI=1S/C17H23N3O/c1-20(2)12-6-10-18-16-13-15(9-11-19-16)17(21)14-7-4-3-5-8-14/h3-5,7-9,11,13,17,21H,6,10,12H2,1-2H3,(H,18,19). The van der Waals surface area contributed by atoms with Gasteiger partial charge in [0.25, 0.3) is 0 Å². The summed E-state index contributed by atoms with van der Waals surface area (Å²) in [5, 5.41) is 13.7. The number of hydrogen-bond acceptors (Lipinski definition) is 4. The summed E-state index contributed by atoms with van der Waals surface area (Å²) in [6, 6.07) is 13.4. The van der Waals surface area contributed by atoms with Crippen molar-refractivity contribution in [3.63, 3.8) is 0 Å². The zero-order valence-electron chi connectivity index (χ0n) is 12.7. The highest BCUT2D eigenvalue weighted by Gasteiger charge is 2.10. The Bertz CT molecular complexity index is 543. The molecule has 1 atom stereocenters. The van der Waals surface area contributed by atoms with Crippen LogP contribution < -0.4 is 5.32 Å². The first-order valence-corrected chi connectivity index (χ1v) is 7.24. The Hall–Kier alpha value is -1.91. The molecule has 0 aliphatic carbocycles. The van der Waals surface area contributed by atoms with E-state index in [1.165, 1.54) is 0 Å². The number of aromatic nitrogens is 1. The van der Waals surface area contributed by atoms with Crippen LogP contribution in [0.1, 0.15) is 23.7 Å². The normalized spacial score (nSPS) is 12.4. The van der Waals surface area contributed by atoms with E-state index in [2.05, 4.69) is 29.3 Å². The Morgan fingerprint density at radius 3 is 2.62 bits per heavy atom. The van der Waals surface area contributed by atoms with Gasteiger partial charge in [-0.25, -0.2) is 4.98 Å². The number of nitrogens with one attached hydrogen (secondary N) is 1. The van der Waals surface area contributed by atoms with E-state index in [0.717, 1.165) is 36.5 Å². The van der Waals surface area contributed by atoms with Crippen LogP contribution in [0.2, 0.25) is 0 Å². The molecule has 0 saturated carbocycles. The number of benzene rings is 1. The monoisotopic (exact) mass is 285 g/mol. The molecule has 2 N–H and O–H groups in total. The summed E-state index contributed by atoms with van der Waals surface area (Å²) < 4.78 is 0. The smallest absolute Gasteiger partial charge is 0.126 e. The second-order valence-electron chi connectivity index (χ2n) is 5.37. The third kappa shape index (κ3) is 4.85. The molecular weight excluding hydrogens is 262 g/mol. The van der Waals surface area contributed by atoms with E-state index in [0.29, 0.717) is 0 Å². The van der Waals surface area contributed by atoms with Crippen LogP contribution in [-0.2, 0) is 0 Å². The highest BCUT2D eigenvalue weighted by atomic mass is 16.3. The summed E-state index contributed by atoms with van der Waals surface area (Å²) in [4.78, 5) is 6.45. The number of pyridine rings is 1. The Morgan fingerprint density at radius 2 is 1.90 bits per heavy atom. The van der Waals surface area contributed by atoms with Crippen molar-refractivity contribution in [2.45, 2.75) is 12.5 Å². The number of anilines is 1. The number of nitrogens with zero attached hydrogens (tertiary/aromatic N) is 2. The fourth-order valence-corrected chi connectivity index (χ4v) is 2.15. The van der Waals surface area contributed by atoms with Crippen LogP contribution >= 0.6 is 0 Å². The first kappa shape index (κ1) is 15.5. The third-order valence-electron chi connectivity index (χ3n) is 3.30. The molecule has 4 nitrogen and oxygen atoms in total. The molecule has 0 radical (unpaired) electrons. The maximum absolute atomic E-state index is 10.4. The molecule has 1 heterocycles. The lowest BCUT2D eigenvalue weighted by atomic mass is 10.0. The number of rotatable bonds is 7. The van der Waals surface area contributed by atoms with Crippen molar-refractivity contribution in [2.24, 2.45) is 0 Å². The van der Waals surface area contributed by atoms with Gasteiger partial charge in [0.15, 0.2) is 0 Å². The Labute approximate surface area is 126 Å². The predicted octanol–water partition coefficient (Wildman–Crippen LogP) is 2.53. The van der Waals surface area contributed by atoms with Crippen LogP contribution in [0.3, 0.4) is 0 Å². The fourth-order valence-electron chi connectivity index (χ4n) is 2.15. The minimum atomic E-state index is -0.614. The van der Waals surface area contributed by atoms with E-state index in [1.54, 1.807) is 6.20 Å². The molecule has 2 rings (SSSR count). The maximum atomic E-state index is 10.4. The van der Waals surface area contributed by atoms with Gasteiger partial charge in [0.2, 0.25) is 0 Å². The molecule has 0 spiro atoms. The van der Waals surface area contributed by atoms with Gasteiger partial charge in [-0.15, -0.1) is 0 Å². The molecule has 1 aromatic heterocycles. The van der Waals surface area contributed by atoms with E-state index >= 15 is 0 Å². The van der Waals surface area contributed by atoms with Crippen LogP contribution in [-0.4, -0.2) is 42.2 Å². The minimum Gasteiger partial charge on any atom is -0.384 e. The summed E-state index contributed by atoms with van der Waals surface area (Å²) in [5.41, 5.74) is 1.74. The molecule has 0 bridgehead atoms. The Kier molecular flexibility index (Phi) is 5.72. The van der Waals surface area contributed by atoms with Gasteiger partial charge < -0.3 is 15.3 Å². The molecule has 0 aliphatic heterocycles. The molecule has 0 fully saturated rings. The van der Waals surface area contributed by atoms with Gasteiger partial charge in [-0.1, -0.05) is 30.3 Å². The lowest BCUT2D eigenvalue weighted by molar-refractivity contribution is 0.220. The average Bonchev–Trinajstić information content (AvgIpc) is 2.52. The SMILES string of the molecule is CN(C)CCCNc1cc(C(O)c2ccccc2)ccn1. The van der Waals surface area contributed by atoms with Crippen molar-refractivity contribution in [2.75, 3.05) is 32.5 Å². The van der Waals surface area contributed by atoms with Crippen LogP contribution in [0.25, 0.3) is 0 Å². The second-order valence-corrected chi connectivity index (χ2v) is 5.37. The first-order chi connectivity index (χ1) is 10.2. The minimum absolute atomic E-state index is 0.614. The third-order valence-corrected chi connectivity index (χ3v) is 3.30. The molecule has 2 aromatic rings. The lowest BCUT2D eigenvalue weighted by Gasteiger charge is -2.13. The highest BCUT2D eigenvalue weighted by molar-refractivity contribution is 5.40. The quantitative estimate of drug-likeness (QED) is 0.768. The topological polar surface area (TPSA) is 48.4 Å². The number of hydrogen-bond donors (Lipinski definition) is 2. The molecule has 0 aliphatic rings. The van der Waals surface area contributed by atoms with E-state index in [4.69, 9.17) is 0 Å². The van der Waals surface area contributed by atoms with Crippen molar-refractivity contribution < 1.29 is 5.11 Å². The van der Waals surface area contributed by atoms with E-state index in [9.17, 15) is 5.11 Å². The Morgan fingerprint density at radius 1 is 1.14 bits per heavy atom. The molecule has 1 unspecified atom stereocenters. The van der Waals surface area contributed by atoms with Gasteiger partial charge in [0.1, 0.15) is 11.9 Å². The van der Waals surface area contributed by atoms with Gasteiger partial charge in [-0.2, -0.15) is 0 Å². The summed E-state index contributed by atoms with van der Waals surface area (Å²) >= 11 is 0. The van der Waals surface area contributed by atoms with Crippen molar-refractivity contribution >= 4 is 5.82 Å². The zero-order chi connectivity index (χ0) is 15.1. The molecule has 4 heteroatoms. The van der Waals surface area contributed by atoms with Crippen molar-refractivity contribution in [3.8, 4) is 0 Å². The predicted molar refractivity (Wildman–Crippen MR) is 86.4 cm³/mol. The first-order valence-electron chi connectivity index (χ1n) is 7.24. The second kappa shape index (κ2) is 7.76. The summed E-state index contributed by atoms with van der Waals surface area (Å²) in [7, 11) is 4.13. The lowest BCUT2D eigenvalue weighted by Crippen LogP contribution is -2.16. The van der Waals surface area contributed by atoms with Crippen LogP contribution in [0, 0.1) is 0 Å². The molecular formula is C17H23N3O. The summed E-state index contributed by atoms with van der Waals surface area (Å²) in [6.45, 7) is 1.91. The van der Waals surface area contributed by atoms with Gasteiger partial charge in [0.05, 0.1) is 0 Å². The summed E-state index contributed by atoms with van der Waals surface area (Å²) in [5.74, 6) is 0.807. The van der Waals surface area contributed by atoms with E-state index in [1.807, 2.05) is 42.5 Å². The van der Waals surface area contributed by atoms with Crippen molar-refractivity contribution in [1.82, 2.24) is 9.88 Å². The molecule has 112 valence electrons. The van der Waals surface area contributed by atoms with Crippen molar-refractivity contribution in [3.05, 3.63) is 59.8 Å². The Balaban J connectivity index is 1.97.